The minimum absolute atomic E-state index is 0.187. The maximum absolute atomic E-state index is 13.8. The molecule has 6 nitrogen and oxygen atoms in total. The van der Waals surface area contributed by atoms with E-state index in [1.54, 1.807) is 55.6 Å². The monoisotopic (exact) mass is 541 g/mol. The molecule has 200 valence electrons. The third-order valence-corrected chi connectivity index (χ3v) is 7.27. The normalized spacial score (nSPS) is 16.9. The van der Waals surface area contributed by atoms with Gasteiger partial charge in [-0.15, -0.1) is 11.8 Å². The summed E-state index contributed by atoms with van der Waals surface area (Å²) < 4.78 is 38.5. The molecular weight excluding hydrogens is 512 g/mol. The Morgan fingerprint density at radius 2 is 1.79 bits per heavy atom. The van der Waals surface area contributed by atoms with Gasteiger partial charge in [-0.05, 0) is 79.1 Å². The van der Waals surface area contributed by atoms with Crippen LogP contribution >= 0.6 is 11.8 Å². The summed E-state index contributed by atoms with van der Waals surface area (Å²) in [7, 11) is 0. The second-order valence-electron chi connectivity index (χ2n) is 8.87. The number of amides is 1. The lowest BCUT2D eigenvalue weighted by molar-refractivity contribution is -0.148. The Balaban J connectivity index is 1.46. The van der Waals surface area contributed by atoms with Crippen molar-refractivity contribution in [3.63, 3.8) is 0 Å². The van der Waals surface area contributed by atoms with Gasteiger partial charge in [0.1, 0.15) is 18.4 Å². The van der Waals surface area contributed by atoms with Crippen molar-refractivity contribution >= 4 is 23.6 Å². The van der Waals surface area contributed by atoms with Crippen LogP contribution in [-0.4, -0.2) is 53.4 Å². The van der Waals surface area contributed by atoms with E-state index in [2.05, 4.69) is 0 Å². The highest BCUT2D eigenvalue weighted by Gasteiger charge is 2.41. The molecule has 0 aromatic heterocycles. The second kappa shape index (κ2) is 12.4. The van der Waals surface area contributed by atoms with Crippen LogP contribution in [0.1, 0.15) is 35.7 Å². The molecule has 4 rings (SSSR count). The maximum atomic E-state index is 13.8. The van der Waals surface area contributed by atoms with E-state index in [0.717, 1.165) is 11.1 Å². The highest BCUT2D eigenvalue weighted by atomic mass is 32.2. The number of halogens is 2. The Hall–Kier alpha value is -3.43. The number of benzene rings is 3. The summed E-state index contributed by atoms with van der Waals surface area (Å²) in [5, 5.41) is 9.77. The summed E-state index contributed by atoms with van der Waals surface area (Å²) in [6, 6.07) is 15.2. The van der Waals surface area contributed by atoms with Gasteiger partial charge in [0.25, 0.3) is 5.91 Å². The number of carbonyl (C=O) groups is 2. The smallest absolute Gasteiger partial charge is 0.328 e. The number of hydrogen-bond acceptors (Lipinski definition) is 6. The first-order valence-electron chi connectivity index (χ1n) is 12.3. The quantitative estimate of drug-likeness (QED) is 0.286. The predicted molar refractivity (Wildman–Crippen MR) is 141 cm³/mol. The molecule has 1 saturated heterocycles. The predicted octanol–water partition coefficient (Wildman–Crippen LogP) is 5.46. The van der Waals surface area contributed by atoms with Gasteiger partial charge in [-0.25, -0.2) is 13.6 Å². The average molecular weight is 542 g/mol. The number of likely N-dealkylation sites (tertiary alicyclic amines) is 1. The fraction of sp³-hybridized carbons (Fsp3) is 0.310. The van der Waals surface area contributed by atoms with Crippen LogP contribution in [0.4, 0.5) is 8.78 Å². The van der Waals surface area contributed by atoms with Gasteiger partial charge >= 0.3 is 5.97 Å². The number of rotatable bonds is 9. The summed E-state index contributed by atoms with van der Waals surface area (Å²) in [5.41, 5.74) is 2.46. The lowest BCUT2D eigenvalue weighted by atomic mass is 10.1. The molecule has 0 unspecified atom stereocenters. The number of aliphatic hydroxyl groups is 1. The number of carbonyl (C=O) groups excluding carboxylic acids is 2. The van der Waals surface area contributed by atoms with Crippen LogP contribution in [0.2, 0.25) is 0 Å². The third-order valence-electron chi connectivity index (χ3n) is 6.49. The first-order chi connectivity index (χ1) is 18.4. The van der Waals surface area contributed by atoms with Crippen LogP contribution in [-0.2, 0) is 16.1 Å². The molecule has 1 aliphatic heterocycles. The van der Waals surface area contributed by atoms with Crippen molar-refractivity contribution in [3.8, 4) is 16.9 Å². The summed E-state index contributed by atoms with van der Waals surface area (Å²) in [6.07, 6.45) is 2.77. The van der Waals surface area contributed by atoms with Crippen molar-refractivity contribution in [2.45, 2.75) is 43.4 Å². The largest absolute Gasteiger partial charge is 0.489 e. The highest BCUT2D eigenvalue weighted by Crippen LogP contribution is 2.33. The van der Waals surface area contributed by atoms with Crippen LogP contribution in [0, 0.1) is 11.6 Å². The number of nitrogens with zero attached hydrogens (tertiary/aromatic N) is 1. The molecule has 2 atom stereocenters. The van der Waals surface area contributed by atoms with Crippen molar-refractivity contribution in [3.05, 3.63) is 83.4 Å². The average Bonchev–Trinajstić information content (AvgIpc) is 3.38. The van der Waals surface area contributed by atoms with Gasteiger partial charge in [0.15, 0.2) is 11.6 Å². The molecule has 0 bridgehead atoms. The highest BCUT2D eigenvalue weighted by molar-refractivity contribution is 7.98. The van der Waals surface area contributed by atoms with Crippen LogP contribution in [0.15, 0.2) is 65.6 Å². The fourth-order valence-corrected chi connectivity index (χ4v) is 5.22. The van der Waals surface area contributed by atoms with Crippen molar-refractivity contribution in [1.29, 1.82) is 0 Å². The Morgan fingerprint density at radius 3 is 2.47 bits per heavy atom. The standard InChI is InChI=1S/C29H29F2NO5S/c1-3-36-29(35)26-12-9-21(16-33)32(26)28(34)20-6-4-5-18(13-20)17-37-22-10-7-19(8-11-22)23-14-24(30)25(31)15-27(23)38-2/h4-8,10-11,13-15,21,26,33H,3,9,12,16-17H2,1-2H3/t21-,26+/m1/s1. The molecule has 9 heteroatoms. The molecule has 0 saturated carbocycles. The molecule has 3 aromatic rings. The number of esters is 1. The van der Waals surface area contributed by atoms with Crippen LogP contribution < -0.4 is 4.74 Å². The Morgan fingerprint density at radius 1 is 1.05 bits per heavy atom. The number of ether oxygens (including phenoxy) is 2. The van der Waals surface area contributed by atoms with Crippen molar-refractivity contribution in [2.24, 2.45) is 0 Å². The van der Waals surface area contributed by atoms with Gasteiger partial charge in [-0.2, -0.15) is 0 Å². The fourth-order valence-electron chi connectivity index (χ4n) is 4.60. The van der Waals surface area contributed by atoms with Crippen molar-refractivity contribution < 1.29 is 33.0 Å². The topological polar surface area (TPSA) is 76.1 Å². The third kappa shape index (κ3) is 6.00. The summed E-state index contributed by atoms with van der Waals surface area (Å²) >= 11 is 1.33. The van der Waals surface area contributed by atoms with Crippen molar-refractivity contribution in [1.82, 2.24) is 4.90 Å². The first kappa shape index (κ1) is 27.6. The maximum Gasteiger partial charge on any atom is 0.328 e. The number of thioether (sulfide) groups is 1. The summed E-state index contributed by atoms with van der Waals surface area (Å²) in [6.45, 7) is 1.88. The van der Waals surface area contributed by atoms with E-state index in [4.69, 9.17) is 9.47 Å². The minimum Gasteiger partial charge on any atom is -0.489 e. The molecule has 1 amide bonds. The number of aliphatic hydroxyl groups excluding tert-OH is 1. The van der Waals surface area contributed by atoms with Gasteiger partial charge in [-0.3, -0.25) is 4.79 Å². The minimum atomic E-state index is -0.902. The van der Waals surface area contributed by atoms with Gasteiger partial charge in [0.05, 0.1) is 19.3 Å². The number of hydrogen-bond donors (Lipinski definition) is 1. The second-order valence-corrected chi connectivity index (χ2v) is 9.72. The van der Waals surface area contributed by atoms with Crippen molar-refractivity contribution in [2.75, 3.05) is 19.5 Å². The SMILES string of the molecule is CCOC(=O)[C@@H]1CC[C@H](CO)N1C(=O)c1cccc(COc2ccc(-c3cc(F)c(F)cc3SC)cc2)c1. The van der Waals surface area contributed by atoms with E-state index in [1.807, 2.05) is 6.07 Å². The molecule has 1 N–H and O–H groups in total. The zero-order chi connectivity index (χ0) is 27.2. The van der Waals surface area contributed by atoms with Gasteiger partial charge in [0.2, 0.25) is 0 Å². The lowest BCUT2D eigenvalue weighted by Crippen LogP contribution is -2.46. The molecule has 0 radical (unpaired) electrons. The van der Waals surface area contributed by atoms with E-state index in [1.165, 1.54) is 28.8 Å². The van der Waals surface area contributed by atoms with Gasteiger partial charge < -0.3 is 19.5 Å². The zero-order valence-corrected chi connectivity index (χ0v) is 22.0. The molecule has 1 fully saturated rings. The Labute approximate surface area is 224 Å². The Bertz CT molecular complexity index is 1300. The first-order valence-corrected chi connectivity index (χ1v) is 13.5. The van der Waals surface area contributed by atoms with E-state index in [-0.39, 0.29) is 25.7 Å². The molecule has 3 aromatic carbocycles. The van der Waals surface area contributed by atoms with Gasteiger partial charge in [-0.1, -0.05) is 24.3 Å². The molecule has 38 heavy (non-hydrogen) atoms. The Kier molecular flexibility index (Phi) is 9.01. The van der Waals surface area contributed by atoms with Gasteiger partial charge in [0, 0.05) is 10.5 Å². The summed E-state index contributed by atoms with van der Waals surface area (Å²) in [5.74, 6) is -2.03. The van der Waals surface area contributed by atoms with E-state index < -0.39 is 29.7 Å². The summed E-state index contributed by atoms with van der Waals surface area (Å²) in [4.78, 5) is 27.8. The molecule has 1 heterocycles. The van der Waals surface area contributed by atoms with E-state index in [0.29, 0.717) is 34.6 Å². The van der Waals surface area contributed by atoms with Crippen LogP contribution in [0.3, 0.4) is 0 Å². The van der Waals surface area contributed by atoms with Crippen LogP contribution in [0.5, 0.6) is 5.75 Å². The van der Waals surface area contributed by atoms with E-state index >= 15 is 0 Å². The molecule has 1 aliphatic rings. The molecule has 0 spiro atoms. The lowest BCUT2D eigenvalue weighted by Gasteiger charge is -2.28. The van der Waals surface area contributed by atoms with E-state index in [9.17, 15) is 23.5 Å². The van der Waals surface area contributed by atoms with Crippen LogP contribution in [0.25, 0.3) is 11.1 Å². The molecule has 0 aliphatic carbocycles. The zero-order valence-electron chi connectivity index (χ0n) is 21.2. The molecular formula is C29H29F2NO5S.